The lowest BCUT2D eigenvalue weighted by molar-refractivity contribution is -0.143. The van der Waals surface area contributed by atoms with E-state index in [-0.39, 0.29) is 29.1 Å². The molecule has 1 aromatic rings. The fourth-order valence-corrected chi connectivity index (χ4v) is 4.28. The predicted molar refractivity (Wildman–Crippen MR) is 111 cm³/mol. The number of carboxylic acid groups (broad SMARTS) is 1. The third-order valence-corrected chi connectivity index (χ3v) is 6.22. The van der Waals surface area contributed by atoms with E-state index >= 15 is 0 Å². The topological polar surface area (TPSA) is 105 Å². The molecule has 7 nitrogen and oxygen atoms in total. The lowest BCUT2D eigenvalue weighted by atomic mass is 9.87. The molecule has 1 saturated carbocycles. The second-order valence-electron chi connectivity index (χ2n) is 7.23. The smallest absolute Gasteiger partial charge is 0.306 e. The molecule has 2 amide bonds. The second-order valence-corrected chi connectivity index (χ2v) is 8.35. The molecule has 1 atom stereocenters. The number of carbonyl (C=O) groups excluding carboxylic acids is 2. The highest BCUT2D eigenvalue weighted by Gasteiger charge is 2.27. The second kappa shape index (κ2) is 10.3. The first-order valence-corrected chi connectivity index (χ1v) is 10.8. The van der Waals surface area contributed by atoms with Crippen LogP contribution in [0.15, 0.2) is 35.7 Å². The van der Waals surface area contributed by atoms with Gasteiger partial charge >= 0.3 is 5.97 Å². The van der Waals surface area contributed by atoms with E-state index in [0.29, 0.717) is 37.2 Å². The average Bonchev–Trinajstić information content (AvgIpc) is 3.27. The van der Waals surface area contributed by atoms with Crippen LogP contribution in [0.4, 0.5) is 0 Å². The van der Waals surface area contributed by atoms with E-state index in [4.69, 9.17) is 9.84 Å². The Labute approximate surface area is 174 Å². The Morgan fingerprint density at radius 1 is 1.03 bits per heavy atom. The molecule has 3 rings (SSSR count). The highest BCUT2D eigenvalue weighted by Crippen LogP contribution is 2.28. The van der Waals surface area contributed by atoms with Gasteiger partial charge in [-0.1, -0.05) is 6.08 Å². The van der Waals surface area contributed by atoms with Crippen LogP contribution in [-0.2, 0) is 9.59 Å². The number of thioether (sulfide) groups is 1. The first-order chi connectivity index (χ1) is 14.0. The Morgan fingerprint density at radius 2 is 1.72 bits per heavy atom. The number of nitrogens with one attached hydrogen (secondary N) is 2. The molecule has 1 heterocycles. The van der Waals surface area contributed by atoms with Crippen molar-refractivity contribution in [3.63, 3.8) is 0 Å². The molecule has 1 unspecified atom stereocenters. The Bertz CT molecular complexity index is 749. The molecule has 0 spiro atoms. The maximum absolute atomic E-state index is 12.2. The van der Waals surface area contributed by atoms with E-state index in [2.05, 4.69) is 10.6 Å². The van der Waals surface area contributed by atoms with E-state index in [1.807, 2.05) is 11.5 Å². The van der Waals surface area contributed by atoms with E-state index in [1.54, 1.807) is 24.3 Å². The van der Waals surface area contributed by atoms with Gasteiger partial charge in [0.05, 0.1) is 17.3 Å². The molecule has 2 aliphatic rings. The van der Waals surface area contributed by atoms with Crippen LogP contribution in [0.2, 0.25) is 0 Å². The monoisotopic (exact) mass is 418 g/mol. The summed E-state index contributed by atoms with van der Waals surface area (Å²) in [6.07, 6.45) is 5.45. The van der Waals surface area contributed by atoms with Gasteiger partial charge in [-0.05, 0) is 61.8 Å². The number of hydrogen-bond acceptors (Lipinski definition) is 5. The molecule has 0 radical (unpaired) electrons. The minimum Gasteiger partial charge on any atom is -0.490 e. The van der Waals surface area contributed by atoms with E-state index in [0.717, 1.165) is 19.3 Å². The van der Waals surface area contributed by atoms with Gasteiger partial charge < -0.3 is 20.5 Å². The number of amides is 2. The van der Waals surface area contributed by atoms with E-state index < -0.39 is 5.97 Å². The Hall–Kier alpha value is -2.48. The third-order valence-electron chi connectivity index (χ3n) is 5.13. The normalized spacial score (nSPS) is 23.4. The number of benzene rings is 1. The van der Waals surface area contributed by atoms with Crippen LogP contribution in [0, 0.1) is 5.92 Å². The molecule has 1 aliphatic heterocycles. The highest BCUT2D eigenvalue weighted by molar-refractivity contribution is 8.03. The lowest BCUT2D eigenvalue weighted by Crippen LogP contribution is -2.38. The van der Waals surface area contributed by atoms with Gasteiger partial charge in [0.25, 0.3) is 5.91 Å². The van der Waals surface area contributed by atoms with Crippen molar-refractivity contribution in [1.29, 1.82) is 0 Å². The Kier molecular flexibility index (Phi) is 7.57. The molecular formula is C21H26N2O5S. The molecule has 8 heteroatoms. The van der Waals surface area contributed by atoms with Crippen LogP contribution < -0.4 is 15.4 Å². The first-order valence-electron chi connectivity index (χ1n) is 9.89. The summed E-state index contributed by atoms with van der Waals surface area (Å²) in [6, 6.07) is 6.91. The molecule has 1 aliphatic carbocycles. The number of aliphatic carboxylic acids is 1. The largest absolute Gasteiger partial charge is 0.490 e. The van der Waals surface area contributed by atoms with Crippen molar-refractivity contribution < 1.29 is 24.2 Å². The van der Waals surface area contributed by atoms with Crippen LogP contribution in [0.25, 0.3) is 0 Å². The standard InChI is InChI=1S/C21H26N2O5S/c24-19(22-11-12-23-20(25)18-2-1-13-29-18)14-3-7-16(8-4-14)28-17-9-5-15(6-10-17)21(26)27/h1,3-4,7-8,13,15,17-18H,2,5-6,9-12H2,(H,22,24)(H,23,25)(H,26,27). The summed E-state index contributed by atoms with van der Waals surface area (Å²) in [5, 5.41) is 16.5. The van der Waals surface area contributed by atoms with Crippen LogP contribution in [0.3, 0.4) is 0 Å². The summed E-state index contributed by atoms with van der Waals surface area (Å²) in [6.45, 7) is 0.752. The molecule has 1 fully saturated rings. The fraction of sp³-hybridized carbons (Fsp3) is 0.476. The first kappa shape index (κ1) is 21.2. The van der Waals surface area contributed by atoms with Crippen LogP contribution in [0.5, 0.6) is 5.75 Å². The zero-order valence-corrected chi connectivity index (χ0v) is 17.0. The fourth-order valence-electron chi connectivity index (χ4n) is 3.44. The zero-order chi connectivity index (χ0) is 20.6. The van der Waals surface area contributed by atoms with Gasteiger partial charge in [-0.25, -0.2) is 0 Å². The van der Waals surface area contributed by atoms with Gasteiger partial charge in [0.2, 0.25) is 5.91 Å². The minimum atomic E-state index is -0.729. The number of carboxylic acids is 1. The summed E-state index contributed by atoms with van der Waals surface area (Å²) in [5.74, 6) is -0.528. The number of rotatable bonds is 8. The minimum absolute atomic E-state index is 0.00635. The summed E-state index contributed by atoms with van der Waals surface area (Å²) >= 11 is 1.51. The van der Waals surface area contributed by atoms with Gasteiger partial charge in [-0.15, -0.1) is 11.8 Å². The van der Waals surface area contributed by atoms with Gasteiger partial charge in [0, 0.05) is 18.7 Å². The summed E-state index contributed by atoms with van der Waals surface area (Å²) in [4.78, 5) is 35.1. The summed E-state index contributed by atoms with van der Waals surface area (Å²) < 4.78 is 5.91. The van der Waals surface area contributed by atoms with Crippen molar-refractivity contribution in [2.24, 2.45) is 5.92 Å². The number of carbonyl (C=O) groups is 3. The number of allylic oxidation sites excluding steroid dienone is 1. The van der Waals surface area contributed by atoms with E-state index in [9.17, 15) is 14.4 Å². The molecular weight excluding hydrogens is 392 g/mol. The molecule has 0 saturated heterocycles. The molecule has 0 bridgehead atoms. The van der Waals surface area contributed by atoms with Crippen molar-refractivity contribution in [3.8, 4) is 5.75 Å². The SMILES string of the molecule is O=C(NCCNC(=O)C1CC=CS1)c1ccc(OC2CCC(C(=O)O)CC2)cc1. The lowest BCUT2D eigenvalue weighted by Gasteiger charge is -2.26. The van der Waals surface area contributed by atoms with E-state index in [1.165, 1.54) is 11.8 Å². The van der Waals surface area contributed by atoms with Crippen molar-refractivity contribution in [2.45, 2.75) is 43.5 Å². The zero-order valence-electron chi connectivity index (χ0n) is 16.1. The quantitative estimate of drug-likeness (QED) is 0.561. The van der Waals surface area contributed by atoms with Gasteiger partial charge in [0.1, 0.15) is 5.75 Å². The third kappa shape index (κ3) is 6.25. The summed E-state index contributed by atoms with van der Waals surface area (Å²) in [5.41, 5.74) is 0.522. The number of ether oxygens (including phenoxy) is 1. The van der Waals surface area contributed by atoms with Crippen molar-refractivity contribution >= 4 is 29.5 Å². The van der Waals surface area contributed by atoms with Gasteiger partial charge in [-0.2, -0.15) is 0 Å². The molecule has 1 aromatic carbocycles. The van der Waals surface area contributed by atoms with Crippen molar-refractivity contribution in [1.82, 2.24) is 10.6 Å². The predicted octanol–water partition coefficient (Wildman–Crippen LogP) is 2.57. The maximum atomic E-state index is 12.2. The molecule has 3 N–H and O–H groups in total. The molecule has 156 valence electrons. The van der Waals surface area contributed by atoms with Crippen LogP contribution >= 0.6 is 11.8 Å². The molecule has 29 heavy (non-hydrogen) atoms. The molecule has 0 aromatic heterocycles. The highest BCUT2D eigenvalue weighted by atomic mass is 32.2. The van der Waals surface area contributed by atoms with Crippen LogP contribution in [-0.4, -0.2) is 47.3 Å². The van der Waals surface area contributed by atoms with Crippen molar-refractivity contribution in [2.75, 3.05) is 13.1 Å². The Morgan fingerprint density at radius 3 is 2.34 bits per heavy atom. The van der Waals surface area contributed by atoms with Crippen LogP contribution in [0.1, 0.15) is 42.5 Å². The van der Waals surface area contributed by atoms with Gasteiger partial charge in [-0.3, -0.25) is 14.4 Å². The van der Waals surface area contributed by atoms with Crippen molar-refractivity contribution in [3.05, 3.63) is 41.3 Å². The van der Waals surface area contributed by atoms with Gasteiger partial charge in [0.15, 0.2) is 0 Å². The maximum Gasteiger partial charge on any atom is 0.306 e. The number of hydrogen-bond donors (Lipinski definition) is 3. The average molecular weight is 419 g/mol. The summed E-state index contributed by atoms with van der Waals surface area (Å²) in [7, 11) is 0. The Balaban J connectivity index is 1.36.